The molecule has 1 aliphatic heterocycles. The fourth-order valence-corrected chi connectivity index (χ4v) is 5.28. The summed E-state index contributed by atoms with van der Waals surface area (Å²) in [4.78, 5) is 23.8. The van der Waals surface area contributed by atoms with Crippen LogP contribution < -0.4 is 4.90 Å². The van der Waals surface area contributed by atoms with Gasteiger partial charge in [-0.3, -0.25) is 9.78 Å². The van der Waals surface area contributed by atoms with E-state index in [1.807, 2.05) is 24.4 Å². The van der Waals surface area contributed by atoms with E-state index in [0.717, 1.165) is 44.8 Å². The van der Waals surface area contributed by atoms with Gasteiger partial charge < -0.3 is 4.90 Å². The second kappa shape index (κ2) is 5.84. The van der Waals surface area contributed by atoms with Crippen LogP contribution in [0.5, 0.6) is 0 Å². The molecule has 1 amide bonds. The van der Waals surface area contributed by atoms with Crippen molar-refractivity contribution in [2.45, 2.75) is 19.3 Å². The van der Waals surface area contributed by atoms with Crippen LogP contribution in [0.2, 0.25) is 0 Å². The van der Waals surface area contributed by atoms with Crippen molar-refractivity contribution in [3.05, 3.63) is 43.0 Å². The number of anilines is 1. The van der Waals surface area contributed by atoms with Gasteiger partial charge in [-0.25, -0.2) is 9.50 Å². The monoisotopic (exact) mass is 400 g/mol. The summed E-state index contributed by atoms with van der Waals surface area (Å²) in [5, 5.41) is 15.1. The normalized spacial score (nSPS) is 21.9. The largest absolute Gasteiger partial charge is 0.309 e. The van der Waals surface area contributed by atoms with Crippen LogP contribution in [0.4, 0.5) is 5.69 Å². The van der Waals surface area contributed by atoms with Crippen LogP contribution in [0.25, 0.3) is 26.3 Å². The van der Waals surface area contributed by atoms with Crippen molar-refractivity contribution in [3.63, 3.8) is 0 Å². The Bertz CT molecular complexity index is 1300. The molecule has 2 fully saturated rings. The molecule has 5 heterocycles. The van der Waals surface area contributed by atoms with E-state index >= 15 is 0 Å². The Balaban J connectivity index is 1.44. The maximum absolute atomic E-state index is 13.2. The summed E-state index contributed by atoms with van der Waals surface area (Å²) in [7, 11) is 0. The number of fused-ring (bicyclic) bond motifs is 2. The third-order valence-corrected chi connectivity index (χ3v) is 7.13. The molecule has 7 nitrogen and oxygen atoms in total. The first-order valence-electron chi connectivity index (χ1n) is 9.61. The Labute approximate surface area is 170 Å². The number of thiazole rings is 1. The van der Waals surface area contributed by atoms with Crippen molar-refractivity contribution in [2.24, 2.45) is 11.3 Å². The minimum atomic E-state index is -0.851. The quantitative estimate of drug-likeness (QED) is 0.524. The second-order valence-corrected chi connectivity index (χ2v) is 8.73. The van der Waals surface area contributed by atoms with Crippen LogP contribution in [-0.2, 0) is 4.79 Å². The number of nitriles is 1. The number of amides is 1. The Morgan fingerprint density at radius 3 is 2.97 bits per heavy atom. The third kappa shape index (κ3) is 2.34. The maximum atomic E-state index is 13.2. The zero-order valence-corrected chi connectivity index (χ0v) is 16.3. The van der Waals surface area contributed by atoms with Crippen LogP contribution in [0.3, 0.4) is 0 Å². The number of aromatic nitrogens is 4. The van der Waals surface area contributed by atoms with Gasteiger partial charge in [-0.05, 0) is 43.4 Å². The van der Waals surface area contributed by atoms with E-state index < -0.39 is 5.41 Å². The van der Waals surface area contributed by atoms with Crippen molar-refractivity contribution in [2.75, 3.05) is 11.4 Å². The molecule has 6 rings (SSSR count). The highest BCUT2D eigenvalue weighted by Gasteiger charge is 2.57. The highest BCUT2D eigenvalue weighted by Crippen LogP contribution is 2.52. The predicted octanol–water partition coefficient (Wildman–Crippen LogP) is 3.66. The standard InChI is InChI=1S/C21H16N6OS/c22-12-21(14-1-2-14)5-8-26(20(21)28)16-3-7-24-27-11-13(9-17(16)27)19-25-15-10-23-6-4-18(15)29-19/h3-4,6-7,9-11,14H,1-2,5,8H2/t21-/m1/s1. The average molecular weight is 400 g/mol. The number of hydrogen-bond donors (Lipinski definition) is 0. The number of hydrogen-bond acceptors (Lipinski definition) is 6. The van der Waals surface area contributed by atoms with E-state index in [0.29, 0.717) is 13.0 Å². The maximum Gasteiger partial charge on any atom is 0.247 e. The van der Waals surface area contributed by atoms with E-state index in [9.17, 15) is 10.1 Å². The summed E-state index contributed by atoms with van der Waals surface area (Å²) >= 11 is 1.60. The van der Waals surface area contributed by atoms with Crippen LogP contribution in [0.15, 0.2) is 43.0 Å². The molecular formula is C21H16N6OS. The van der Waals surface area contributed by atoms with Gasteiger partial charge in [0.1, 0.15) is 15.9 Å². The van der Waals surface area contributed by atoms with Crippen molar-refractivity contribution in [3.8, 4) is 16.6 Å². The average Bonchev–Trinajstić information content (AvgIpc) is 3.23. The lowest BCUT2D eigenvalue weighted by atomic mass is 9.83. The van der Waals surface area contributed by atoms with Crippen LogP contribution in [0, 0.1) is 22.7 Å². The fourth-order valence-electron chi connectivity index (χ4n) is 4.37. The molecule has 142 valence electrons. The highest BCUT2D eigenvalue weighted by molar-refractivity contribution is 7.21. The molecule has 29 heavy (non-hydrogen) atoms. The molecule has 4 aromatic rings. The van der Waals surface area contributed by atoms with E-state index in [1.54, 1.807) is 39.3 Å². The van der Waals surface area contributed by atoms with Gasteiger partial charge in [0, 0.05) is 30.7 Å². The Kier molecular flexibility index (Phi) is 3.35. The minimum Gasteiger partial charge on any atom is -0.309 e. The number of rotatable bonds is 3. The molecule has 0 aromatic carbocycles. The number of carbonyl (C=O) groups excluding carboxylic acids is 1. The summed E-state index contributed by atoms with van der Waals surface area (Å²) in [5.41, 5.74) is 2.62. The van der Waals surface area contributed by atoms with Gasteiger partial charge >= 0.3 is 0 Å². The zero-order chi connectivity index (χ0) is 19.6. The summed E-state index contributed by atoms with van der Waals surface area (Å²) in [6, 6.07) is 8.19. The highest BCUT2D eigenvalue weighted by atomic mass is 32.1. The molecule has 0 unspecified atom stereocenters. The minimum absolute atomic E-state index is 0.0654. The van der Waals surface area contributed by atoms with E-state index in [-0.39, 0.29) is 11.8 Å². The summed E-state index contributed by atoms with van der Waals surface area (Å²) in [5.74, 6) is 0.144. The molecular weight excluding hydrogens is 384 g/mol. The molecule has 4 aromatic heterocycles. The van der Waals surface area contributed by atoms with Gasteiger partial charge in [0.25, 0.3) is 0 Å². The fraction of sp³-hybridized carbons (Fsp3) is 0.286. The van der Waals surface area contributed by atoms with Crippen molar-refractivity contribution in [1.82, 2.24) is 19.6 Å². The lowest BCUT2D eigenvalue weighted by Crippen LogP contribution is -2.35. The van der Waals surface area contributed by atoms with Gasteiger partial charge in [0.15, 0.2) is 0 Å². The zero-order valence-electron chi connectivity index (χ0n) is 15.4. The van der Waals surface area contributed by atoms with Crippen LogP contribution >= 0.6 is 11.3 Å². The molecule has 0 spiro atoms. The smallest absolute Gasteiger partial charge is 0.247 e. The summed E-state index contributed by atoms with van der Waals surface area (Å²) in [6.45, 7) is 0.565. The predicted molar refractivity (Wildman–Crippen MR) is 109 cm³/mol. The van der Waals surface area contributed by atoms with Gasteiger partial charge in [-0.15, -0.1) is 11.3 Å². The molecule has 8 heteroatoms. The van der Waals surface area contributed by atoms with E-state index in [2.05, 4.69) is 21.1 Å². The topological polar surface area (TPSA) is 87.2 Å². The van der Waals surface area contributed by atoms with Crippen LogP contribution in [-0.4, -0.2) is 32.0 Å². The number of carbonyl (C=O) groups is 1. The molecule has 0 N–H and O–H groups in total. The van der Waals surface area contributed by atoms with Crippen LogP contribution in [0.1, 0.15) is 19.3 Å². The van der Waals surface area contributed by atoms with Gasteiger partial charge in [-0.2, -0.15) is 10.4 Å². The van der Waals surface area contributed by atoms with Crippen molar-refractivity contribution >= 4 is 38.7 Å². The first-order valence-corrected chi connectivity index (χ1v) is 10.4. The molecule has 1 saturated heterocycles. The lowest BCUT2D eigenvalue weighted by molar-refractivity contribution is -0.123. The number of pyridine rings is 1. The first kappa shape index (κ1) is 16.6. The van der Waals surface area contributed by atoms with E-state index in [1.165, 1.54) is 0 Å². The molecule has 0 radical (unpaired) electrons. The second-order valence-electron chi connectivity index (χ2n) is 7.70. The third-order valence-electron chi connectivity index (χ3n) is 6.04. The Morgan fingerprint density at radius 1 is 1.28 bits per heavy atom. The van der Waals surface area contributed by atoms with E-state index in [4.69, 9.17) is 0 Å². The van der Waals surface area contributed by atoms with Crippen molar-refractivity contribution < 1.29 is 4.79 Å². The van der Waals surface area contributed by atoms with Gasteiger partial charge in [-0.1, -0.05) is 0 Å². The summed E-state index contributed by atoms with van der Waals surface area (Å²) in [6.07, 6.45) is 9.70. The molecule has 1 atom stereocenters. The first-order chi connectivity index (χ1) is 14.2. The van der Waals surface area contributed by atoms with Gasteiger partial charge in [0.2, 0.25) is 5.91 Å². The SMILES string of the molecule is N#C[C@@]1(C2CC2)CCN(c2ccnn3cc(-c4nc5cnccc5s4)cc23)C1=O. The molecule has 0 bridgehead atoms. The molecule has 1 aliphatic carbocycles. The Morgan fingerprint density at radius 2 is 2.17 bits per heavy atom. The molecule has 1 saturated carbocycles. The van der Waals surface area contributed by atoms with Gasteiger partial charge in [0.05, 0.1) is 28.2 Å². The number of nitrogens with zero attached hydrogens (tertiary/aromatic N) is 6. The summed E-state index contributed by atoms with van der Waals surface area (Å²) < 4.78 is 2.86. The Hall–Kier alpha value is -3.31. The van der Waals surface area contributed by atoms with Crippen molar-refractivity contribution in [1.29, 1.82) is 5.26 Å². The lowest BCUT2D eigenvalue weighted by Gasteiger charge is -2.21. The molecule has 2 aliphatic rings.